The monoisotopic (exact) mass is 483 g/mol. The van der Waals surface area contributed by atoms with Crippen LogP contribution in [0.5, 0.6) is 0 Å². The highest BCUT2D eigenvalue weighted by Crippen LogP contribution is 2.39. The lowest BCUT2D eigenvalue weighted by molar-refractivity contribution is -0.137. The van der Waals surface area contributed by atoms with Gasteiger partial charge in [-0.2, -0.15) is 0 Å². The van der Waals surface area contributed by atoms with Gasteiger partial charge in [0.25, 0.3) is 5.91 Å². The van der Waals surface area contributed by atoms with Crippen LogP contribution in [-0.2, 0) is 28.0 Å². The number of carbonyl (C=O) groups excluding carboxylic acids is 2. The Hall–Kier alpha value is -3.90. The average molecular weight is 484 g/mol. The summed E-state index contributed by atoms with van der Waals surface area (Å²) in [6, 6.07) is 22.7. The Morgan fingerprint density at radius 3 is 2.64 bits per heavy atom. The fraction of sp³-hybridized carbons (Fsp3) is 0.267. The Morgan fingerprint density at radius 1 is 1.03 bits per heavy atom. The quantitative estimate of drug-likeness (QED) is 0.311. The number of nitrogens with one attached hydrogen (secondary N) is 1. The van der Waals surface area contributed by atoms with E-state index >= 15 is 0 Å². The first-order chi connectivity index (χ1) is 17.2. The summed E-state index contributed by atoms with van der Waals surface area (Å²) in [5.74, 6) is -0.848. The molecule has 0 spiro atoms. The van der Waals surface area contributed by atoms with Gasteiger partial charge in [0, 0.05) is 22.2 Å². The zero-order valence-electron chi connectivity index (χ0n) is 20.4. The smallest absolute Gasteiger partial charge is 0.338 e. The van der Waals surface area contributed by atoms with Crippen molar-refractivity contribution in [2.75, 3.05) is 5.32 Å². The van der Waals surface area contributed by atoms with Crippen LogP contribution < -0.4 is 5.32 Å². The lowest BCUT2D eigenvalue weighted by Crippen LogP contribution is -2.47. The number of aryl methyl sites for hydroxylation is 1. The van der Waals surface area contributed by atoms with Gasteiger partial charge in [0.15, 0.2) is 0 Å². The molecule has 5 rings (SSSR count). The molecule has 0 radical (unpaired) electrons. The summed E-state index contributed by atoms with van der Waals surface area (Å²) in [4.78, 5) is 25.4. The van der Waals surface area contributed by atoms with Crippen molar-refractivity contribution in [3.05, 3.63) is 101 Å². The first kappa shape index (κ1) is 23.8. The molecule has 0 aliphatic carbocycles. The number of carbonyl (C=O) groups is 2. The predicted molar refractivity (Wildman–Crippen MR) is 138 cm³/mol. The Labute approximate surface area is 209 Å². The van der Waals surface area contributed by atoms with Gasteiger partial charge in [-0.15, -0.1) is 0 Å². The lowest BCUT2D eigenvalue weighted by Gasteiger charge is -2.36. The number of benzene rings is 3. The molecule has 6 heteroatoms. The minimum atomic E-state index is -1.67. The van der Waals surface area contributed by atoms with Crippen molar-refractivity contribution in [2.24, 2.45) is 0 Å². The molecule has 1 amide bonds. The van der Waals surface area contributed by atoms with Gasteiger partial charge in [0.2, 0.25) is 0 Å². The Morgan fingerprint density at radius 2 is 1.83 bits per heavy atom. The topological polar surface area (TPSA) is 88.8 Å². The molecule has 184 valence electrons. The Balaban J connectivity index is 1.44. The van der Waals surface area contributed by atoms with Gasteiger partial charge in [0.1, 0.15) is 17.8 Å². The molecule has 36 heavy (non-hydrogen) atoms. The number of amides is 1. The molecule has 6 nitrogen and oxygen atoms in total. The summed E-state index contributed by atoms with van der Waals surface area (Å²) in [5.41, 5.74) is 2.23. The highest BCUT2D eigenvalue weighted by molar-refractivity contribution is 5.99. The summed E-state index contributed by atoms with van der Waals surface area (Å²) in [7, 11) is 0. The molecule has 0 fully saturated rings. The van der Waals surface area contributed by atoms with Crippen molar-refractivity contribution in [3.8, 4) is 0 Å². The van der Waals surface area contributed by atoms with E-state index in [2.05, 4.69) is 5.32 Å². The van der Waals surface area contributed by atoms with Crippen LogP contribution in [0.25, 0.3) is 11.0 Å². The van der Waals surface area contributed by atoms with Crippen molar-refractivity contribution >= 4 is 28.5 Å². The number of hydrogen-bond acceptors (Lipinski definition) is 5. The molecule has 1 unspecified atom stereocenters. The normalized spacial score (nSPS) is 14.8. The second kappa shape index (κ2) is 9.28. The summed E-state index contributed by atoms with van der Waals surface area (Å²) < 4.78 is 10.8. The van der Waals surface area contributed by atoms with E-state index in [9.17, 15) is 14.7 Å². The molecule has 4 aromatic rings. The molecule has 1 aliphatic heterocycles. The third-order valence-electron chi connectivity index (χ3n) is 6.98. The summed E-state index contributed by atoms with van der Waals surface area (Å²) in [6.07, 6.45) is 2.62. The third kappa shape index (κ3) is 4.64. The van der Waals surface area contributed by atoms with Crippen molar-refractivity contribution in [2.45, 2.75) is 50.7 Å². The molecule has 2 N–H and O–H groups in total. The number of esters is 1. The Bertz CT molecular complexity index is 1420. The van der Waals surface area contributed by atoms with Gasteiger partial charge in [-0.05, 0) is 54.5 Å². The van der Waals surface area contributed by atoms with Crippen LogP contribution >= 0.6 is 0 Å². The van der Waals surface area contributed by atoms with Gasteiger partial charge in [-0.1, -0.05) is 62.4 Å². The van der Waals surface area contributed by atoms with Crippen LogP contribution in [0.4, 0.5) is 5.69 Å². The van der Waals surface area contributed by atoms with Crippen LogP contribution in [0.2, 0.25) is 0 Å². The number of furan rings is 1. The number of fused-ring (bicyclic) bond motifs is 2. The number of aliphatic hydroxyl groups is 1. The zero-order chi connectivity index (χ0) is 25.3. The summed E-state index contributed by atoms with van der Waals surface area (Å²) >= 11 is 0. The SMILES string of the molecule is CC(C)(CC(O)(CCc1ccccc1)C(=O)Nc1ccc2c(c1)COC2=O)c1cccc2ccoc12. The molecule has 0 bridgehead atoms. The summed E-state index contributed by atoms with van der Waals surface area (Å²) in [6.45, 7) is 4.21. The number of anilines is 1. The molecule has 2 heterocycles. The second-order valence-electron chi connectivity index (χ2n) is 10.1. The second-order valence-corrected chi connectivity index (χ2v) is 10.1. The maximum atomic E-state index is 13.7. The van der Waals surface area contributed by atoms with Crippen LogP contribution in [0, 0.1) is 0 Å². The number of ether oxygens (including phenoxy) is 1. The first-order valence-corrected chi connectivity index (χ1v) is 12.1. The molecular formula is C30H29NO5. The highest BCUT2D eigenvalue weighted by Gasteiger charge is 2.42. The predicted octanol–water partition coefficient (Wildman–Crippen LogP) is 5.77. The minimum absolute atomic E-state index is 0.177. The number of para-hydroxylation sites is 1. The van der Waals surface area contributed by atoms with E-state index in [-0.39, 0.29) is 25.4 Å². The van der Waals surface area contributed by atoms with Crippen LogP contribution in [0.1, 0.15) is 53.7 Å². The lowest BCUT2D eigenvalue weighted by atomic mass is 9.72. The van der Waals surface area contributed by atoms with Crippen LogP contribution in [0.15, 0.2) is 83.5 Å². The Kier molecular flexibility index (Phi) is 6.14. The standard InChI is InChI=1S/C30H29NO5/c1-29(2,25-10-6-9-21-14-16-35-26(21)25)19-30(34,15-13-20-7-4-3-5-8-20)28(33)31-23-11-12-24-22(17-23)18-36-27(24)32/h3-12,14,16-17,34H,13,15,18-19H2,1-2H3,(H,31,33). The molecule has 0 saturated heterocycles. The fourth-order valence-corrected chi connectivity index (χ4v) is 5.09. The van der Waals surface area contributed by atoms with E-state index in [4.69, 9.17) is 9.15 Å². The molecule has 1 aliphatic rings. The van der Waals surface area contributed by atoms with Gasteiger partial charge >= 0.3 is 5.97 Å². The molecule has 3 aromatic carbocycles. The largest absolute Gasteiger partial charge is 0.464 e. The van der Waals surface area contributed by atoms with Crippen LogP contribution in [-0.4, -0.2) is 22.6 Å². The molecule has 1 aromatic heterocycles. The van der Waals surface area contributed by atoms with Gasteiger partial charge < -0.3 is 19.6 Å². The summed E-state index contributed by atoms with van der Waals surface area (Å²) in [5, 5.41) is 15.8. The highest BCUT2D eigenvalue weighted by atomic mass is 16.5. The van der Waals surface area contributed by atoms with Gasteiger partial charge in [-0.25, -0.2) is 4.79 Å². The van der Waals surface area contributed by atoms with E-state index in [0.717, 1.165) is 27.7 Å². The van der Waals surface area contributed by atoms with Crippen molar-refractivity contribution in [3.63, 3.8) is 0 Å². The van der Waals surface area contributed by atoms with Gasteiger partial charge in [0.05, 0.1) is 11.8 Å². The first-order valence-electron chi connectivity index (χ1n) is 12.1. The van der Waals surface area contributed by atoms with E-state index in [0.29, 0.717) is 17.7 Å². The van der Waals surface area contributed by atoms with Crippen LogP contribution in [0.3, 0.4) is 0 Å². The minimum Gasteiger partial charge on any atom is -0.464 e. The van der Waals surface area contributed by atoms with E-state index < -0.39 is 16.9 Å². The fourth-order valence-electron chi connectivity index (χ4n) is 5.09. The van der Waals surface area contributed by atoms with Crippen molar-refractivity contribution in [1.82, 2.24) is 0 Å². The van der Waals surface area contributed by atoms with E-state index in [1.807, 2.05) is 68.4 Å². The average Bonchev–Trinajstić information content (AvgIpc) is 3.49. The number of rotatable bonds is 8. The van der Waals surface area contributed by atoms with E-state index in [1.54, 1.807) is 24.5 Å². The molecule has 1 atom stereocenters. The molecular weight excluding hydrogens is 454 g/mol. The number of cyclic esters (lactones) is 1. The maximum Gasteiger partial charge on any atom is 0.338 e. The maximum absolute atomic E-state index is 13.7. The van der Waals surface area contributed by atoms with Gasteiger partial charge in [-0.3, -0.25) is 4.79 Å². The van der Waals surface area contributed by atoms with E-state index in [1.165, 1.54) is 0 Å². The number of hydrogen-bond donors (Lipinski definition) is 2. The molecule has 0 saturated carbocycles. The van der Waals surface area contributed by atoms with Crippen molar-refractivity contribution < 1.29 is 23.8 Å². The van der Waals surface area contributed by atoms with Crippen molar-refractivity contribution in [1.29, 1.82) is 0 Å². The third-order valence-corrected chi connectivity index (χ3v) is 6.98. The zero-order valence-corrected chi connectivity index (χ0v) is 20.4.